The van der Waals surface area contributed by atoms with E-state index in [1.807, 2.05) is 0 Å². The Morgan fingerprint density at radius 2 is 1.70 bits per heavy atom. The van der Waals surface area contributed by atoms with Gasteiger partial charge in [0.25, 0.3) is 0 Å². The Hall–Kier alpha value is -0.900. The third kappa shape index (κ3) is 7.04. The molecule has 1 aromatic rings. The average molecular weight is 279 g/mol. The van der Waals surface area contributed by atoms with Crippen molar-refractivity contribution in [3.63, 3.8) is 0 Å². The molecule has 1 unspecified atom stereocenters. The number of hydrogen-bond donors (Lipinski definition) is 1. The van der Waals surface area contributed by atoms with Crippen molar-refractivity contribution in [3.05, 3.63) is 35.4 Å². The highest BCUT2D eigenvalue weighted by Crippen LogP contribution is 2.09. The molecule has 1 N–H and O–H groups in total. The summed E-state index contributed by atoms with van der Waals surface area (Å²) < 4.78 is 10.5. The first-order valence-electron chi connectivity index (χ1n) is 7.68. The summed E-state index contributed by atoms with van der Waals surface area (Å²) in [4.78, 5) is 0. The molecule has 0 aliphatic heterocycles. The van der Waals surface area contributed by atoms with Crippen LogP contribution in [0, 0.1) is 0 Å². The zero-order valence-corrected chi connectivity index (χ0v) is 13.2. The minimum absolute atomic E-state index is 0.482. The number of aryl methyl sites for hydroxylation is 1. The monoisotopic (exact) mass is 279 g/mol. The van der Waals surface area contributed by atoms with Crippen LogP contribution in [0.25, 0.3) is 0 Å². The van der Waals surface area contributed by atoms with E-state index in [9.17, 15) is 0 Å². The molecule has 0 fully saturated rings. The highest BCUT2D eigenvalue weighted by atomic mass is 16.5. The molecule has 0 bridgehead atoms. The molecule has 3 nitrogen and oxygen atoms in total. The van der Waals surface area contributed by atoms with Gasteiger partial charge in [-0.15, -0.1) is 0 Å². The lowest BCUT2D eigenvalue weighted by atomic mass is 10.0. The van der Waals surface area contributed by atoms with Gasteiger partial charge in [-0.05, 0) is 36.9 Å². The maximum Gasteiger partial charge on any atom is 0.0700 e. The van der Waals surface area contributed by atoms with Crippen molar-refractivity contribution in [1.29, 1.82) is 0 Å². The molecule has 0 aromatic heterocycles. The van der Waals surface area contributed by atoms with Crippen LogP contribution < -0.4 is 5.32 Å². The van der Waals surface area contributed by atoms with Gasteiger partial charge < -0.3 is 14.8 Å². The van der Waals surface area contributed by atoms with Crippen LogP contribution in [0.4, 0.5) is 0 Å². The van der Waals surface area contributed by atoms with Crippen molar-refractivity contribution >= 4 is 0 Å². The van der Waals surface area contributed by atoms with E-state index in [0.29, 0.717) is 19.3 Å². The predicted octanol–water partition coefficient (Wildman–Crippen LogP) is 2.82. The highest BCUT2D eigenvalue weighted by molar-refractivity contribution is 5.23. The molecule has 1 rings (SSSR count). The lowest BCUT2D eigenvalue weighted by Gasteiger charge is -2.18. The molecule has 0 aliphatic rings. The molecule has 0 aliphatic carbocycles. The Morgan fingerprint density at radius 1 is 1.00 bits per heavy atom. The van der Waals surface area contributed by atoms with Gasteiger partial charge in [0.2, 0.25) is 0 Å². The van der Waals surface area contributed by atoms with Gasteiger partial charge in [0.05, 0.1) is 13.2 Å². The second kappa shape index (κ2) is 10.8. The van der Waals surface area contributed by atoms with Crippen molar-refractivity contribution in [2.45, 2.75) is 39.2 Å². The second-order valence-corrected chi connectivity index (χ2v) is 5.02. The topological polar surface area (TPSA) is 30.5 Å². The maximum atomic E-state index is 5.56. The summed E-state index contributed by atoms with van der Waals surface area (Å²) in [6.45, 7) is 7.47. The van der Waals surface area contributed by atoms with Gasteiger partial charge >= 0.3 is 0 Å². The normalized spacial score (nSPS) is 12.6. The van der Waals surface area contributed by atoms with E-state index in [1.165, 1.54) is 11.1 Å². The van der Waals surface area contributed by atoms with Crippen molar-refractivity contribution in [2.24, 2.45) is 0 Å². The third-order valence-electron chi connectivity index (χ3n) is 3.45. The highest BCUT2D eigenvalue weighted by Gasteiger charge is 2.08. The molecular formula is C17H29NO2. The maximum absolute atomic E-state index is 5.56. The Morgan fingerprint density at radius 3 is 2.30 bits per heavy atom. The van der Waals surface area contributed by atoms with E-state index in [2.05, 4.69) is 43.4 Å². The van der Waals surface area contributed by atoms with E-state index in [4.69, 9.17) is 9.47 Å². The fraction of sp³-hybridized carbons (Fsp3) is 0.647. The van der Waals surface area contributed by atoms with E-state index >= 15 is 0 Å². The number of nitrogens with one attached hydrogen (secondary N) is 1. The van der Waals surface area contributed by atoms with Crippen LogP contribution in [0.5, 0.6) is 0 Å². The van der Waals surface area contributed by atoms with Crippen molar-refractivity contribution < 1.29 is 9.47 Å². The smallest absolute Gasteiger partial charge is 0.0700 e. The fourth-order valence-electron chi connectivity index (χ4n) is 2.23. The van der Waals surface area contributed by atoms with Gasteiger partial charge in [-0.2, -0.15) is 0 Å². The quantitative estimate of drug-likeness (QED) is 0.632. The molecule has 3 heteroatoms. The average Bonchev–Trinajstić information content (AvgIpc) is 2.48. The van der Waals surface area contributed by atoms with Gasteiger partial charge in [-0.25, -0.2) is 0 Å². The van der Waals surface area contributed by atoms with E-state index in [1.54, 1.807) is 7.11 Å². The van der Waals surface area contributed by atoms with Gasteiger partial charge in [0.1, 0.15) is 0 Å². The molecule has 0 spiro atoms. The van der Waals surface area contributed by atoms with Crippen LogP contribution in [0.3, 0.4) is 0 Å². The summed E-state index contributed by atoms with van der Waals surface area (Å²) in [6.07, 6.45) is 3.20. The van der Waals surface area contributed by atoms with Crippen LogP contribution in [-0.2, 0) is 22.3 Å². The number of benzene rings is 1. The first-order valence-corrected chi connectivity index (χ1v) is 7.68. The summed E-state index contributed by atoms with van der Waals surface area (Å²) in [7, 11) is 1.70. The van der Waals surface area contributed by atoms with Crippen molar-refractivity contribution in [2.75, 3.05) is 33.5 Å². The lowest BCUT2D eigenvalue weighted by Crippen LogP contribution is -2.32. The molecule has 0 saturated heterocycles. The fourth-order valence-corrected chi connectivity index (χ4v) is 2.23. The third-order valence-corrected chi connectivity index (χ3v) is 3.45. The van der Waals surface area contributed by atoms with Crippen LogP contribution in [0.1, 0.15) is 31.4 Å². The predicted molar refractivity (Wildman–Crippen MR) is 84.3 cm³/mol. The summed E-state index contributed by atoms with van der Waals surface area (Å²) in [5, 5.41) is 3.54. The first kappa shape index (κ1) is 17.2. The molecule has 0 amide bonds. The van der Waals surface area contributed by atoms with Crippen molar-refractivity contribution in [3.8, 4) is 0 Å². The Labute approximate surface area is 123 Å². The number of methoxy groups -OCH3 is 1. The molecular weight excluding hydrogens is 250 g/mol. The number of likely N-dealkylation sites (N-methyl/N-ethyl adjacent to an activating group) is 1. The van der Waals surface area contributed by atoms with E-state index in [-0.39, 0.29) is 0 Å². The first-order chi connectivity index (χ1) is 9.80. The Kier molecular flexibility index (Phi) is 9.29. The lowest BCUT2D eigenvalue weighted by molar-refractivity contribution is 0.0659. The second-order valence-electron chi connectivity index (χ2n) is 5.02. The van der Waals surface area contributed by atoms with Gasteiger partial charge in [0.15, 0.2) is 0 Å². The SMILES string of the molecule is CCNC(CCOCCOC)Cc1ccc(CC)cc1. The standard InChI is InChI=1S/C17H29NO2/c1-4-15-6-8-16(9-7-15)14-17(18-5-2)10-11-20-13-12-19-3/h6-9,17-18H,4-5,10-14H2,1-3H3. The zero-order valence-electron chi connectivity index (χ0n) is 13.2. The number of rotatable bonds is 11. The van der Waals surface area contributed by atoms with E-state index in [0.717, 1.165) is 32.4 Å². The molecule has 0 heterocycles. The summed E-state index contributed by atoms with van der Waals surface area (Å²) in [6, 6.07) is 9.43. The zero-order chi connectivity index (χ0) is 14.6. The van der Waals surface area contributed by atoms with Crippen LogP contribution in [0.2, 0.25) is 0 Å². The number of ether oxygens (including phenoxy) is 2. The molecule has 20 heavy (non-hydrogen) atoms. The molecule has 0 saturated carbocycles. The number of hydrogen-bond acceptors (Lipinski definition) is 3. The van der Waals surface area contributed by atoms with E-state index < -0.39 is 0 Å². The van der Waals surface area contributed by atoms with Crippen molar-refractivity contribution in [1.82, 2.24) is 5.32 Å². The van der Waals surface area contributed by atoms with Gasteiger partial charge in [0, 0.05) is 19.8 Å². The minimum atomic E-state index is 0.482. The largest absolute Gasteiger partial charge is 0.382 e. The van der Waals surface area contributed by atoms with Crippen LogP contribution in [0.15, 0.2) is 24.3 Å². The van der Waals surface area contributed by atoms with Gasteiger partial charge in [-0.1, -0.05) is 38.1 Å². The molecule has 114 valence electrons. The summed E-state index contributed by atoms with van der Waals surface area (Å²) >= 11 is 0. The van der Waals surface area contributed by atoms with Gasteiger partial charge in [-0.3, -0.25) is 0 Å². The summed E-state index contributed by atoms with van der Waals surface area (Å²) in [5.74, 6) is 0. The minimum Gasteiger partial charge on any atom is -0.382 e. The molecule has 1 atom stereocenters. The Balaban J connectivity index is 2.36. The molecule has 1 aromatic carbocycles. The molecule has 0 radical (unpaired) electrons. The Bertz CT molecular complexity index is 337. The van der Waals surface area contributed by atoms with Crippen LogP contribution >= 0.6 is 0 Å². The summed E-state index contributed by atoms with van der Waals surface area (Å²) in [5.41, 5.74) is 2.79. The van der Waals surface area contributed by atoms with Crippen LogP contribution in [-0.4, -0.2) is 39.5 Å².